The molecule has 4 rings (SSSR count). The minimum Gasteiger partial charge on any atom is -0.475 e. The maximum Gasteiger partial charge on any atom is 0.490 e. The summed E-state index contributed by atoms with van der Waals surface area (Å²) in [7, 11) is 2.23. The van der Waals surface area contributed by atoms with Crippen LogP contribution in [0.25, 0.3) is 0 Å². The number of carboxylic acid groups (broad SMARTS) is 2. The summed E-state index contributed by atoms with van der Waals surface area (Å²) in [5.41, 5.74) is 1.55. The van der Waals surface area contributed by atoms with Gasteiger partial charge in [-0.2, -0.15) is 31.4 Å². The van der Waals surface area contributed by atoms with Crippen LogP contribution in [0.1, 0.15) is 24.8 Å². The fourth-order valence-corrected chi connectivity index (χ4v) is 4.71. The Hall–Kier alpha value is -2.92. The van der Waals surface area contributed by atoms with E-state index in [2.05, 4.69) is 27.0 Å². The van der Waals surface area contributed by atoms with Crippen molar-refractivity contribution >= 4 is 17.8 Å². The summed E-state index contributed by atoms with van der Waals surface area (Å²) in [5, 5.41) is 21.1. The number of nitrogens with zero attached hydrogens (tertiary/aromatic N) is 4. The summed E-state index contributed by atoms with van der Waals surface area (Å²) in [5.74, 6) is -4.82. The summed E-state index contributed by atoms with van der Waals surface area (Å²) < 4.78 is 69.2. The molecule has 1 unspecified atom stereocenters. The Kier molecular flexibility index (Phi) is 11.1. The lowest BCUT2D eigenvalue weighted by atomic mass is 9.84. The van der Waals surface area contributed by atoms with Gasteiger partial charge in [0.25, 0.3) is 0 Å². The number of ether oxygens (including phenoxy) is 1. The normalized spacial score (nSPS) is 21.0. The molecule has 3 aliphatic rings. The minimum atomic E-state index is -5.08. The highest BCUT2D eigenvalue weighted by atomic mass is 19.4. The van der Waals surface area contributed by atoms with Gasteiger partial charge in [-0.05, 0) is 32.2 Å². The monoisotopic (exact) mass is 575 g/mol. The van der Waals surface area contributed by atoms with Crippen LogP contribution in [0, 0.1) is 5.92 Å². The van der Waals surface area contributed by atoms with E-state index in [1.165, 1.54) is 12.0 Å². The number of hydrogen-bond acceptors (Lipinski definition) is 7. The van der Waals surface area contributed by atoms with Crippen LogP contribution in [0.2, 0.25) is 0 Å². The van der Waals surface area contributed by atoms with Crippen LogP contribution >= 0.6 is 0 Å². The Balaban J connectivity index is 0.000000317. The molecule has 11 nitrogen and oxygen atoms in total. The third kappa shape index (κ3) is 9.96. The van der Waals surface area contributed by atoms with Crippen LogP contribution in [-0.2, 0) is 25.7 Å². The zero-order valence-electron chi connectivity index (χ0n) is 21.1. The molecule has 3 aliphatic heterocycles. The first-order valence-electron chi connectivity index (χ1n) is 11.9. The molecule has 4 heterocycles. The summed E-state index contributed by atoms with van der Waals surface area (Å²) >= 11 is 0. The Morgan fingerprint density at radius 2 is 1.62 bits per heavy atom. The van der Waals surface area contributed by atoms with Crippen molar-refractivity contribution in [2.24, 2.45) is 5.92 Å². The van der Waals surface area contributed by atoms with E-state index < -0.39 is 24.3 Å². The van der Waals surface area contributed by atoms with Crippen LogP contribution in [-0.4, -0.2) is 124 Å². The Morgan fingerprint density at radius 1 is 1.08 bits per heavy atom. The fourth-order valence-electron chi connectivity index (χ4n) is 4.71. The second kappa shape index (κ2) is 13.4. The summed E-state index contributed by atoms with van der Waals surface area (Å²) in [4.78, 5) is 36.7. The number of hydrogen-bond donors (Lipinski definition) is 3. The third-order valence-electron chi connectivity index (χ3n) is 6.53. The van der Waals surface area contributed by atoms with Crippen molar-refractivity contribution in [3.05, 3.63) is 18.0 Å². The number of rotatable bonds is 6. The first-order chi connectivity index (χ1) is 18.0. The molecular formula is C22H31F6N5O6. The van der Waals surface area contributed by atoms with Crippen molar-refractivity contribution in [3.8, 4) is 0 Å². The van der Waals surface area contributed by atoms with E-state index in [0.717, 1.165) is 52.1 Å². The second-order valence-electron chi connectivity index (χ2n) is 9.64. The largest absolute Gasteiger partial charge is 0.490 e. The number of aliphatic carboxylic acids is 2. The van der Waals surface area contributed by atoms with Gasteiger partial charge in [-0.15, -0.1) is 0 Å². The molecule has 1 spiro atoms. The molecule has 3 fully saturated rings. The van der Waals surface area contributed by atoms with Crippen molar-refractivity contribution in [1.29, 1.82) is 0 Å². The van der Waals surface area contributed by atoms with Gasteiger partial charge in [0, 0.05) is 56.6 Å². The number of carboxylic acids is 2. The molecule has 222 valence electrons. The lowest BCUT2D eigenvalue weighted by Gasteiger charge is -2.52. The summed E-state index contributed by atoms with van der Waals surface area (Å²) in [6.07, 6.45) is -2.86. The van der Waals surface area contributed by atoms with Gasteiger partial charge in [0.2, 0.25) is 5.91 Å². The lowest BCUT2D eigenvalue weighted by Crippen LogP contribution is -2.66. The van der Waals surface area contributed by atoms with Crippen LogP contribution in [0.5, 0.6) is 0 Å². The average molecular weight is 576 g/mol. The van der Waals surface area contributed by atoms with Gasteiger partial charge in [0.15, 0.2) is 0 Å². The topological polar surface area (TPSA) is 139 Å². The van der Waals surface area contributed by atoms with Crippen LogP contribution < -0.4 is 0 Å². The fraction of sp³-hybridized carbons (Fsp3) is 0.727. The van der Waals surface area contributed by atoms with Crippen molar-refractivity contribution in [2.75, 3.05) is 53.0 Å². The molecule has 17 heteroatoms. The average Bonchev–Trinajstić information content (AvgIpc) is 3.55. The highest BCUT2D eigenvalue weighted by Crippen LogP contribution is 2.40. The predicted molar refractivity (Wildman–Crippen MR) is 121 cm³/mol. The number of alkyl halides is 6. The molecule has 0 aromatic carbocycles. The maximum atomic E-state index is 12.0. The number of aromatic nitrogens is 2. The van der Waals surface area contributed by atoms with E-state index in [1.54, 1.807) is 0 Å². The molecule has 39 heavy (non-hydrogen) atoms. The molecule has 1 atom stereocenters. The summed E-state index contributed by atoms with van der Waals surface area (Å²) in [6.45, 7) is 7.02. The zero-order chi connectivity index (χ0) is 29.4. The number of carbonyl (C=O) groups is 3. The van der Waals surface area contributed by atoms with E-state index in [-0.39, 0.29) is 12.5 Å². The van der Waals surface area contributed by atoms with Crippen LogP contribution in [0.4, 0.5) is 26.3 Å². The Morgan fingerprint density at radius 3 is 2.08 bits per heavy atom. The molecular weight excluding hydrogens is 544 g/mol. The smallest absolute Gasteiger partial charge is 0.475 e. The van der Waals surface area contributed by atoms with E-state index in [1.807, 2.05) is 17.3 Å². The van der Waals surface area contributed by atoms with Crippen LogP contribution in [0.15, 0.2) is 12.4 Å². The Bertz CT molecular complexity index is 922. The number of nitrogens with one attached hydrogen (secondary N) is 1. The number of likely N-dealkylation sites (tertiary alicyclic amines) is 3. The van der Waals surface area contributed by atoms with Gasteiger partial charge in [0.1, 0.15) is 6.61 Å². The molecule has 1 aromatic rings. The molecule has 3 N–H and O–H groups in total. The standard InChI is InChI=1S/C18H29N5O2.2C2HF3O2/c1-21-9-15(11-25-12-17(24)23-4-2-3-5-23)6-18(21)13-22(14-18)10-16-7-19-20-8-16;2*3-2(4,5)1(6)7/h7-8,15H,2-6,9-14H2,1H3,(H,19,20);2*(H,6,7). The van der Waals surface area contributed by atoms with Crippen LogP contribution in [0.3, 0.4) is 0 Å². The van der Waals surface area contributed by atoms with Crippen molar-refractivity contribution in [3.63, 3.8) is 0 Å². The predicted octanol–water partition coefficient (Wildman–Crippen LogP) is 1.82. The molecule has 3 saturated heterocycles. The van der Waals surface area contributed by atoms with Gasteiger partial charge >= 0.3 is 24.3 Å². The van der Waals surface area contributed by atoms with E-state index in [4.69, 9.17) is 24.5 Å². The molecule has 0 radical (unpaired) electrons. The number of H-pyrrole nitrogens is 1. The molecule has 0 bridgehead atoms. The maximum absolute atomic E-state index is 12.0. The van der Waals surface area contributed by atoms with E-state index in [0.29, 0.717) is 18.1 Å². The second-order valence-corrected chi connectivity index (χ2v) is 9.64. The SMILES string of the molecule is CN1CC(COCC(=O)N2CCCC2)CC12CN(Cc1cn[nH]c1)C2.O=C(O)C(F)(F)F.O=C(O)C(F)(F)F. The van der Waals surface area contributed by atoms with Crippen molar-refractivity contribution in [1.82, 2.24) is 24.9 Å². The lowest BCUT2D eigenvalue weighted by molar-refractivity contribution is -0.193. The number of amides is 1. The van der Waals surface area contributed by atoms with Gasteiger partial charge in [-0.25, -0.2) is 9.59 Å². The quantitative estimate of drug-likeness (QED) is 0.434. The number of likely N-dealkylation sites (N-methyl/N-ethyl adjacent to an activating group) is 1. The van der Waals surface area contributed by atoms with Crippen molar-refractivity contribution in [2.45, 2.75) is 43.7 Å². The van der Waals surface area contributed by atoms with E-state index in [9.17, 15) is 31.1 Å². The molecule has 1 aromatic heterocycles. The first-order valence-corrected chi connectivity index (χ1v) is 11.9. The van der Waals surface area contributed by atoms with Gasteiger partial charge in [-0.1, -0.05) is 0 Å². The van der Waals surface area contributed by atoms with Gasteiger partial charge in [-0.3, -0.25) is 19.7 Å². The molecule has 0 saturated carbocycles. The number of halogens is 6. The minimum absolute atomic E-state index is 0.161. The Labute approximate surface area is 219 Å². The van der Waals surface area contributed by atoms with E-state index >= 15 is 0 Å². The zero-order valence-corrected chi connectivity index (χ0v) is 21.1. The van der Waals surface area contributed by atoms with Gasteiger partial charge < -0.3 is 19.8 Å². The first kappa shape index (κ1) is 32.3. The third-order valence-corrected chi connectivity index (χ3v) is 6.53. The highest BCUT2D eigenvalue weighted by molar-refractivity contribution is 5.77. The number of carbonyl (C=O) groups excluding carboxylic acids is 1. The molecule has 0 aliphatic carbocycles. The molecule has 1 amide bonds. The highest BCUT2D eigenvalue weighted by Gasteiger charge is 2.51. The summed E-state index contributed by atoms with van der Waals surface area (Å²) in [6, 6.07) is 0. The number of aromatic amines is 1. The van der Waals surface area contributed by atoms with Crippen molar-refractivity contribution < 1.29 is 55.7 Å². The van der Waals surface area contributed by atoms with Gasteiger partial charge in [0.05, 0.1) is 12.8 Å².